The number of amides is 1. The monoisotopic (exact) mass is 242 g/mol. The van der Waals surface area contributed by atoms with E-state index >= 15 is 0 Å². The fourth-order valence-corrected chi connectivity index (χ4v) is 2.43. The van der Waals surface area contributed by atoms with Crippen LogP contribution in [0, 0.1) is 0 Å². The van der Waals surface area contributed by atoms with Crippen LogP contribution >= 0.6 is 0 Å². The van der Waals surface area contributed by atoms with E-state index in [1.165, 1.54) is 0 Å². The molecule has 1 aliphatic heterocycles. The summed E-state index contributed by atoms with van der Waals surface area (Å²) in [5.41, 5.74) is -0.411. The van der Waals surface area contributed by atoms with Crippen molar-refractivity contribution in [2.24, 2.45) is 0 Å². The predicted molar refractivity (Wildman–Crippen MR) is 69.1 cm³/mol. The summed E-state index contributed by atoms with van der Waals surface area (Å²) in [6.07, 6.45) is 3.00. The zero-order valence-electron chi connectivity index (χ0n) is 11.7. The van der Waals surface area contributed by atoms with Gasteiger partial charge in [-0.15, -0.1) is 0 Å². The molecule has 0 unspecified atom stereocenters. The molecule has 2 atom stereocenters. The molecular formula is C13H26N2O2. The Balaban J connectivity index is 2.65. The molecule has 1 saturated heterocycles. The van der Waals surface area contributed by atoms with Crippen LogP contribution in [0.5, 0.6) is 0 Å². The van der Waals surface area contributed by atoms with Crippen molar-refractivity contribution in [2.75, 3.05) is 13.6 Å². The topological polar surface area (TPSA) is 41.6 Å². The Labute approximate surface area is 105 Å². The molecule has 0 aliphatic carbocycles. The molecule has 100 valence electrons. The zero-order chi connectivity index (χ0) is 13.1. The van der Waals surface area contributed by atoms with Gasteiger partial charge in [-0.3, -0.25) is 0 Å². The third-order valence-corrected chi connectivity index (χ3v) is 3.20. The Kier molecular flexibility index (Phi) is 4.80. The second kappa shape index (κ2) is 5.71. The number of carbonyl (C=O) groups is 1. The van der Waals surface area contributed by atoms with E-state index in [9.17, 15) is 4.79 Å². The van der Waals surface area contributed by atoms with Crippen LogP contribution in [0.15, 0.2) is 0 Å². The van der Waals surface area contributed by atoms with Gasteiger partial charge in [-0.25, -0.2) is 4.79 Å². The van der Waals surface area contributed by atoms with Gasteiger partial charge in [0.05, 0.1) is 6.04 Å². The summed E-state index contributed by atoms with van der Waals surface area (Å²) < 4.78 is 5.45. The molecule has 17 heavy (non-hydrogen) atoms. The summed E-state index contributed by atoms with van der Waals surface area (Å²) in [7, 11) is 1.96. The lowest BCUT2D eigenvalue weighted by Gasteiger charge is -2.32. The van der Waals surface area contributed by atoms with Crippen molar-refractivity contribution < 1.29 is 9.53 Å². The number of nitrogens with zero attached hydrogens (tertiary/aromatic N) is 1. The smallest absolute Gasteiger partial charge is 0.410 e. The van der Waals surface area contributed by atoms with Crippen molar-refractivity contribution in [3.8, 4) is 0 Å². The molecule has 4 heteroatoms. The van der Waals surface area contributed by atoms with Crippen LogP contribution in [0.4, 0.5) is 4.79 Å². The van der Waals surface area contributed by atoms with E-state index in [1.807, 2.05) is 32.7 Å². The lowest BCUT2D eigenvalue weighted by molar-refractivity contribution is 0.0197. The summed E-state index contributed by atoms with van der Waals surface area (Å²) >= 11 is 0. The first-order chi connectivity index (χ1) is 7.89. The molecule has 0 bridgehead atoms. The largest absolute Gasteiger partial charge is 0.444 e. The highest BCUT2D eigenvalue weighted by molar-refractivity contribution is 5.69. The number of carbonyl (C=O) groups excluding carboxylic acids is 1. The first-order valence-corrected chi connectivity index (χ1v) is 6.56. The summed E-state index contributed by atoms with van der Waals surface area (Å²) in [6.45, 7) is 8.69. The first-order valence-electron chi connectivity index (χ1n) is 6.56. The molecule has 1 N–H and O–H groups in total. The number of likely N-dealkylation sites (N-methyl/N-ethyl adjacent to an activating group) is 1. The van der Waals surface area contributed by atoms with Crippen molar-refractivity contribution in [1.29, 1.82) is 0 Å². The molecule has 0 aromatic heterocycles. The molecule has 0 spiro atoms. The van der Waals surface area contributed by atoms with Crippen molar-refractivity contribution >= 4 is 6.09 Å². The Morgan fingerprint density at radius 3 is 2.65 bits per heavy atom. The molecule has 1 heterocycles. The highest BCUT2D eigenvalue weighted by atomic mass is 16.6. The van der Waals surface area contributed by atoms with E-state index in [0.717, 1.165) is 25.8 Å². The number of rotatable bonds is 3. The molecule has 1 rings (SSSR count). The molecule has 0 aromatic rings. The third-order valence-electron chi connectivity index (χ3n) is 3.20. The van der Waals surface area contributed by atoms with Crippen LogP contribution in [0.1, 0.15) is 47.0 Å². The lowest BCUT2D eigenvalue weighted by atomic mass is 10.0. The summed E-state index contributed by atoms with van der Waals surface area (Å²) in [5, 5.41) is 3.29. The van der Waals surface area contributed by atoms with Gasteiger partial charge >= 0.3 is 6.09 Å². The number of likely N-dealkylation sites (tertiary alicyclic amines) is 1. The Morgan fingerprint density at radius 2 is 2.18 bits per heavy atom. The molecule has 0 radical (unpaired) electrons. The van der Waals surface area contributed by atoms with Gasteiger partial charge in [0, 0.05) is 12.6 Å². The van der Waals surface area contributed by atoms with E-state index < -0.39 is 5.60 Å². The highest BCUT2D eigenvalue weighted by Gasteiger charge is 2.35. The van der Waals surface area contributed by atoms with Crippen LogP contribution in [-0.4, -0.2) is 42.3 Å². The van der Waals surface area contributed by atoms with Crippen LogP contribution in [0.2, 0.25) is 0 Å². The Hall–Kier alpha value is -0.770. The molecule has 1 aliphatic rings. The van der Waals surface area contributed by atoms with Crippen LogP contribution in [-0.2, 0) is 4.74 Å². The second-order valence-electron chi connectivity index (χ2n) is 5.69. The first kappa shape index (κ1) is 14.3. The minimum Gasteiger partial charge on any atom is -0.444 e. The van der Waals surface area contributed by atoms with Gasteiger partial charge in [-0.1, -0.05) is 6.92 Å². The predicted octanol–water partition coefficient (Wildman–Crippen LogP) is 2.38. The molecule has 1 amide bonds. The average Bonchev–Trinajstić information content (AvgIpc) is 2.66. The van der Waals surface area contributed by atoms with Crippen LogP contribution < -0.4 is 5.32 Å². The normalized spacial score (nSPS) is 22.6. The molecule has 1 fully saturated rings. The lowest BCUT2D eigenvalue weighted by Crippen LogP contribution is -2.49. The molecule has 4 nitrogen and oxygen atoms in total. The van der Waals surface area contributed by atoms with E-state index in [1.54, 1.807) is 0 Å². The van der Waals surface area contributed by atoms with E-state index in [0.29, 0.717) is 6.04 Å². The average molecular weight is 242 g/mol. The van der Waals surface area contributed by atoms with Crippen LogP contribution in [0.25, 0.3) is 0 Å². The van der Waals surface area contributed by atoms with Gasteiger partial charge in [0.1, 0.15) is 5.60 Å². The van der Waals surface area contributed by atoms with Crippen molar-refractivity contribution in [3.05, 3.63) is 0 Å². The van der Waals surface area contributed by atoms with Gasteiger partial charge in [0.15, 0.2) is 0 Å². The molecular weight excluding hydrogens is 216 g/mol. The highest BCUT2D eigenvalue weighted by Crippen LogP contribution is 2.24. The summed E-state index contributed by atoms with van der Waals surface area (Å²) in [6, 6.07) is 0.643. The SMILES string of the molecule is CC[C@H](NC)[C@H]1CCCN1C(=O)OC(C)(C)C. The van der Waals surface area contributed by atoms with Gasteiger partial charge in [-0.2, -0.15) is 0 Å². The number of hydrogen-bond acceptors (Lipinski definition) is 3. The van der Waals surface area contributed by atoms with Crippen molar-refractivity contribution in [2.45, 2.75) is 64.6 Å². The fraction of sp³-hybridized carbons (Fsp3) is 0.923. The minimum atomic E-state index is -0.411. The van der Waals surface area contributed by atoms with Crippen molar-refractivity contribution in [1.82, 2.24) is 10.2 Å². The molecule has 0 aromatic carbocycles. The fourth-order valence-electron chi connectivity index (χ4n) is 2.43. The van der Waals surface area contributed by atoms with Crippen molar-refractivity contribution in [3.63, 3.8) is 0 Å². The zero-order valence-corrected chi connectivity index (χ0v) is 11.7. The number of nitrogens with one attached hydrogen (secondary N) is 1. The summed E-state index contributed by atoms with van der Waals surface area (Å²) in [4.78, 5) is 14.0. The summed E-state index contributed by atoms with van der Waals surface area (Å²) in [5.74, 6) is 0. The van der Waals surface area contributed by atoms with Crippen LogP contribution in [0.3, 0.4) is 0 Å². The third kappa shape index (κ3) is 3.87. The maximum absolute atomic E-state index is 12.1. The maximum atomic E-state index is 12.1. The number of hydrogen-bond donors (Lipinski definition) is 1. The van der Waals surface area contributed by atoms with E-state index in [2.05, 4.69) is 12.2 Å². The van der Waals surface area contributed by atoms with Gasteiger partial charge < -0.3 is 15.0 Å². The van der Waals surface area contributed by atoms with Gasteiger partial charge in [-0.05, 0) is 47.1 Å². The maximum Gasteiger partial charge on any atom is 0.410 e. The van der Waals surface area contributed by atoms with E-state index in [4.69, 9.17) is 4.74 Å². The van der Waals surface area contributed by atoms with Gasteiger partial charge in [0.2, 0.25) is 0 Å². The van der Waals surface area contributed by atoms with Gasteiger partial charge in [0.25, 0.3) is 0 Å². The minimum absolute atomic E-state index is 0.172. The van der Waals surface area contributed by atoms with E-state index in [-0.39, 0.29) is 12.1 Å². The number of ether oxygens (including phenoxy) is 1. The molecule has 0 saturated carbocycles. The Bertz CT molecular complexity index is 257. The quantitative estimate of drug-likeness (QED) is 0.826. The Morgan fingerprint density at radius 1 is 1.53 bits per heavy atom. The standard InChI is InChI=1S/C13H26N2O2/c1-6-10(14-5)11-8-7-9-15(11)12(16)17-13(2,3)4/h10-11,14H,6-9H2,1-5H3/t10-,11+/m0/s1. The second-order valence-corrected chi connectivity index (χ2v) is 5.69.